The van der Waals surface area contributed by atoms with E-state index in [2.05, 4.69) is 6.58 Å². The van der Waals surface area contributed by atoms with Gasteiger partial charge in [-0.2, -0.15) is 0 Å². The number of aliphatic carboxylic acids is 1. The van der Waals surface area contributed by atoms with Gasteiger partial charge in [-0.25, -0.2) is 18.4 Å². The molecule has 37 heavy (non-hydrogen) atoms. The van der Waals surface area contributed by atoms with Gasteiger partial charge in [0.2, 0.25) is 6.43 Å². The van der Waals surface area contributed by atoms with E-state index in [0.717, 1.165) is 36.1 Å². The second-order valence-corrected chi connectivity index (χ2v) is 10.3. The summed E-state index contributed by atoms with van der Waals surface area (Å²) in [4.78, 5) is 24.3. The van der Waals surface area contributed by atoms with Crippen LogP contribution in [-0.2, 0) is 30.7 Å². The van der Waals surface area contributed by atoms with Crippen LogP contribution in [0.4, 0.5) is 8.78 Å². The summed E-state index contributed by atoms with van der Waals surface area (Å²) in [6.45, 7) is 13.2. The summed E-state index contributed by atoms with van der Waals surface area (Å²) >= 11 is 0. The molecule has 0 aliphatic carbocycles. The first-order valence-electron chi connectivity index (χ1n) is 12.7. The zero-order valence-corrected chi connectivity index (χ0v) is 22.6. The quantitative estimate of drug-likeness (QED) is 0.282. The molecule has 0 saturated heterocycles. The number of hydrogen-bond acceptors (Lipinski definition) is 3. The van der Waals surface area contributed by atoms with Gasteiger partial charge in [0.1, 0.15) is 5.75 Å². The summed E-state index contributed by atoms with van der Waals surface area (Å²) in [7, 11) is 0. The van der Waals surface area contributed by atoms with E-state index in [0.29, 0.717) is 24.3 Å². The predicted octanol–water partition coefficient (Wildman–Crippen LogP) is 6.27. The average Bonchev–Trinajstić information content (AvgIpc) is 3.08. The molecule has 0 fully saturated rings. The number of benzene rings is 1. The lowest BCUT2D eigenvalue weighted by atomic mass is 9.99. The first-order valence-corrected chi connectivity index (χ1v) is 12.7. The maximum atomic E-state index is 13.4. The van der Waals surface area contributed by atoms with Gasteiger partial charge in [-0.3, -0.25) is 9.13 Å². The highest BCUT2D eigenvalue weighted by Crippen LogP contribution is 2.22. The van der Waals surface area contributed by atoms with Crippen LogP contribution in [0.25, 0.3) is 0 Å². The molecule has 0 aliphatic rings. The van der Waals surface area contributed by atoms with Gasteiger partial charge in [0, 0.05) is 30.9 Å². The van der Waals surface area contributed by atoms with Crippen molar-refractivity contribution in [3.8, 4) is 5.75 Å². The third kappa shape index (κ3) is 9.02. The Labute approximate surface area is 218 Å². The Morgan fingerprint density at radius 1 is 1.19 bits per heavy atom. The molecule has 1 unspecified atom stereocenters. The second-order valence-electron chi connectivity index (χ2n) is 10.3. The lowest BCUT2D eigenvalue weighted by molar-refractivity contribution is -0.152. The van der Waals surface area contributed by atoms with Crippen molar-refractivity contribution in [2.24, 2.45) is 5.92 Å². The molecule has 0 amide bonds. The Bertz CT molecular complexity index is 1140. The predicted molar refractivity (Wildman–Crippen MR) is 142 cm³/mol. The van der Waals surface area contributed by atoms with Crippen LogP contribution in [0.1, 0.15) is 65.1 Å². The Hall–Kier alpha value is -3.16. The SMILES string of the molecule is C=C(C)CC(/C=C(\C)Cn1cc(CCCc2ccc(OC(C)(C)C(=O)O)cc2)n(CCC)c1=O)C(F)F. The summed E-state index contributed by atoms with van der Waals surface area (Å²) in [6, 6.07) is 7.35. The number of allylic oxidation sites excluding steroid dienone is 3. The molecule has 0 radical (unpaired) electrons. The fourth-order valence-electron chi connectivity index (χ4n) is 4.20. The Kier molecular flexibility index (Phi) is 10.9. The topological polar surface area (TPSA) is 73.5 Å². The summed E-state index contributed by atoms with van der Waals surface area (Å²) in [5.74, 6) is -1.45. The van der Waals surface area contributed by atoms with Crippen LogP contribution in [0.3, 0.4) is 0 Å². The van der Waals surface area contributed by atoms with Gasteiger partial charge < -0.3 is 9.84 Å². The van der Waals surface area contributed by atoms with Crippen molar-refractivity contribution in [3.05, 3.63) is 76.0 Å². The summed E-state index contributed by atoms with van der Waals surface area (Å²) in [5.41, 5.74) is 2.00. The third-order valence-corrected chi connectivity index (χ3v) is 6.11. The number of alkyl halides is 2. The highest BCUT2D eigenvalue weighted by molar-refractivity contribution is 5.76. The average molecular weight is 519 g/mol. The fourth-order valence-corrected chi connectivity index (χ4v) is 4.20. The number of ether oxygens (including phenoxy) is 1. The van der Waals surface area contributed by atoms with Gasteiger partial charge in [0.05, 0.1) is 0 Å². The Balaban J connectivity index is 2.08. The zero-order valence-electron chi connectivity index (χ0n) is 22.6. The van der Waals surface area contributed by atoms with Crippen molar-refractivity contribution in [3.63, 3.8) is 0 Å². The summed E-state index contributed by atoms with van der Waals surface area (Å²) in [5, 5.41) is 9.22. The first kappa shape index (κ1) is 30.1. The number of nitrogens with zero attached hydrogens (tertiary/aromatic N) is 2. The highest BCUT2D eigenvalue weighted by Gasteiger charge is 2.29. The monoisotopic (exact) mass is 518 g/mol. The Morgan fingerprint density at radius 3 is 2.38 bits per heavy atom. The number of carboxylic acids is 1. The minimum atomic E-state index is -2.48. The van der Waals surface area contributed by atoms with E-state index < -0.39 is 23.9 Å². The van der Waals surface area contributed by atoms with Gasteiger partial charge >= 0.3 is 11.7 Å². The van der Waals surface area contributed by atoms with Gasteiger partial charge in [-0.05, 0) is 77.5 Å². The number of hydrogen-bond donors (Lipinski definition) is 1. The number of rotatable bonds is 15. The molecule has 1 atom stereocenters. The fraction of sp³-hybridized carbons (Fsp3) is 0.517. The van der Waals surface area contributed by atoms with Gasteiger partial charge in [-0.15, -0.1) is 6.58 Å². The first-order chi connectivity index (χ1) is 17.3. The second kappa shape index (κ2) is 13.4. The molecule has 0 spiro atoms. The summed E-state index contributed by atoms with van der Waals surface area (Å²) < 4.78 is 35.8. The number of imidazole rings is 1. The molecule has 2 aromatic rings. The molecule has 2 rings (SSSR count). The lowest BCUT2D eigenvalue weighted by Gasteiger charge is -2.21. The van der Waals surface area contributed by atoms with Crippen molar-refractivity contribution in [2.45, 2.75) is 91.8 Å². The minimum absolute atomic E-state index is 0.124. The van der Waals surface area contributed by atoms with Crippen molar-refractivity contribution in [1.82, 2.24) is 9.13 Å². The normalized spacial score (nSPS) is 13.1. The van der Waals surface area contributed by atoms with Gasteiger partial charge in [0.15, 0.2) is 5.60 Å². The van der Waals surface area contributed by atoms with Crippen LogP contribution in [0, 0.1) is 5.92 Å². The molecule has 1 aromatic heterocycles. The molecule has 1 N–H and O–H groups in total. The molecular formula is C29H40F2N2O4. The van der Waals surface area contributed by atoms with Crippen molar-refractivity contribution >= 4 is 5.97 Å². The molecule has 6 nitrogen and oxygen atoms in total. The van der Waals surface area contributed by atoms with E-state index in [1.807, 2.05) is 25.3 Å². The van der Waals surface area contributed by atoms with Crippen LogP contribution in [0.5, 0.6) is 5.75 Å². The molecule has 0 saturated carbocycles. The van der Waals surface area contributed by atoms with Crippen molar-refractivity contribution < 1.29 is 23.4 Å². The van der Waals surface area contributed by atoms with E-state index in [1.54, 1.807) is 41.2 Å². The van der Waals surface area contributed by atoms with Crippen LogP contribution in [-0.4, -0.2) is 32.2 Å². The number of halogens is 2. The highest BCUT2D eigenvalue weighted by atomic mass is 19.3. The van der Waals surface area contributed by atoms with E-state index in [4.69, 9.17) is 4.74 Å². The molecule has 1 aromatic carbocycles. The number of carboxylic acid groups (broad SMARTS) is 1. The van der Waals surface area contributed by atoms with Crippen LogP contribution >= 0.6 is 0 Å². The van der Waals surface area contributed by atoms with E-state index in [-0.39, 0.29) is 18.7 Å². The molecular weight excluding hydrogens is 478 g/mol. The van der Waals surface area contributed by atoms with Crippen LogP contribution < -0.4 is 10.4 Å². The van der Waals surface area contributed by atoms with Gasteiger partial charge in [0.25, 0.3) is 0 Å². The van der Waals surface area contributed by atoms with Crippen molar-refractivity contribution in [2.75, 3.05) is 0 Å². The third-order valence-electron chi connectivity index (χ3n) is 6.11. The maximum absolute atomic E-state index is 13.4. The molecule has 204 valence electrons. The van der Waals surface area contributed by atoms with Crippen LogP contribution in [0.15, 0.2) is 59.1 Å². The standard InChI is InChI=1S/C29H40F2N2O4/c1-7-15-33-24(10-8-9-22-11-13-25(14-12-22)37-29(5,6)27(34)35)19-32(28(33)36)18-21(4)17-23(26(30)31)16-20(2)3/h11-14,17,19,23,26H,2,7-10,15-16,18H2,1,3-6H3,(H,34,35)/b21-17+. The van der Waals surface area contributed by atoms with Crippen molar-refractivity contribution in [1.29, 1.82) is 0 Å². The largest absolute Gasteiger partial charge is 0.478 e. The lowest BCUT2D eigenvalue weighted by Crippen LogP contribution is -2.37. The molecule has 0 aliphatic heterocycles. The molecule has 8 heteroatoms. The van der Waals surface area contributed by atoms with E-state index in [9.17, 15) is 23.5 Å². The number of carbonyl (C=O) groups is 1. The van der Waals surface area contributed by atoms with E-state index >= 15 is 0 Å². The van der Waals surface area contributed by atoms with Crippen LogP contribution in [0.2, 0.25) is 0 Å². The summed E-state index contributed by atoms with van der Waals surface area (Å²) in [6.07, 6.45) is 4.25. The Morgan fingerprint density at radius 2 is 1.84 bits per heavy atom. The zero-order chi connectivity index (χ0) is 27.8. The molecule has 0 bridgehead atoms. The minimum Gasteiger partial charge on any atom is -0.478 e. The van der Waals surface area contributed by atoms with E-state index in [1.165, 1.54) is 13.8 Å². The smallest absolute Gasteiger partial charge is 0.347 e. The van der Waals surface area contributed by atoms with Gasteiger partial charge in [-0.1, -0.05) is 36.3 Å². The maximum Gasteiger partial charge on any atom is 0.347 e. The number of aromatic nitrogens is 2. The number of aryl methyl sites for hydroxylation is 2. The molecule has 1 heterocycles.